The molecule has 3 aliphatic rings. The summed E-state index contributed by atoms with van der Waals surface area (Å²) in [6.07, 6.45) is 9.83. The summed E-state index contributed by atoms with van der Waals surface area (Å²) in [5.74, 6) is 0. The summed E-state index contributed by atoms with van der Waals surface area (Å²) in [5.41, 5.74) is 5.29. The van der Waals surface area contributed by atoms with Crippen LogP contribution in [0.1, 0.15) is 29.5 Å². The highest BCUT2D eigenvalue weighted by Gasteiger charge is 2.29. The van der Waals surface area contributed by atoms with Crippen molar-refractivity contribution < 1.29 is 4.21 Å². The van der Waals surface area contributed by atoms with E-state index in [1.807, 2.05) is 6.20 Å². The second-order valence-electron chi connectivity index (χ2n) is 5.49. The fourth-order valence-electron chi connectivity index (χ4n) is 3.40. The molecule has 0 saturated carbocycles. The van der Waals surface area contributed by atoms with Crippen LogP contribution in [-0.4, -0.2) is 10.8 Å². The zero-order chi connectivity index (χ0) is 12.8. The SMILES string of the molecule is O=S1C2=CCNC=C2Cc2ccc3c(c21)CCCC3. The van der Waals surface area contributed by atoms with Gasteiger partial charge in [-0.1, -0.05) is 12.1 Å². The number of aryl methyl sites for hydroxylation is 1. The Morgan fingerprint density at radius 1 is 1.11 bits per heavy atom. The van der Waals surface area contributed by atoms with E-state index in [9.17, 15) is 4.21 Å². The third-order valence-electron chi connectivity index (χ3n) is 4.33. The number of rotatable bonds is 0. The summed E-state index contributed by atoms with van der Waals surface area (Å²) in [7, 11) is -0.968. The second kappa shape index (κ2) is 4.34. The summed E-state index contributed by atoms with van der Waals surface area (Å²) >= 11 is 0. The van der Waals surface area contributed by atoms with Gasteiger partial charge in [-0.2, -0.15) is 0 Å². The van der Waals surface area contributed by atoms with Gasteiger partial charge in [0.2, 0.25) is 0 Å². The molecule has 0 radical (unpaired) electrons. The van der Waals surface area contributed by atoms with Crippen LogP contribution in [0.4, 0.5) is 0 Å². The lowest BCUT2D eigenvalue weighted by Crippen LogP contribution is -2.22. The van der Waals surface area contributed by atoms with Gasteiger partial charge in [-0.3, -0.25) is 0 Å². The number of benzene rings is 1. The molecule has 0 aromatic heterocycles. The summed E-state index contributed by atoms with van der Waals surface area (Å²) < 4.78 is 12.9. The van der Waals surface area contributed by atoms with E-state index < -0.39 is 10.8 Å². The van der Waals surface area contributed by atoms with Crippen molar-refractivity contribution >= 4 is 10.8 Å². The van der Waals surface area contributed by atoms with Crippen LogP contribution in [0.25, 0.3) is 0 Å². The Hall–Kier alpha value is -1.35. The molecule has 1 aliphatic carbocycles. The van der Waals surface area contributed by atoms with E-state index in [4.69, 9.17) is 0 Å². The molecular formula is C16H17NOS. The van der Waals surface area contributed by atoms with Crippen LogP contribution in [0.15, 0.2) is 39.8 Å². The highest BCUT2D eigenvalue weighted by molar-refractivity contribution is 7.89. The van der Waals surface area contributed by atoms with Crippen molar-refractivity contribution in [2.45, 2.75) is 37.0 Å². The van der Waals surface area contributed by atoms with Crippen LogP contribution in [0.5, 0.6) is 0 Å². The number of dihydropyridines is 1. The first kappa shape index (κ1) is 11.5. The Morgan fingerprint density at radius 2 is 1.95 bits per heavy atom. The molecule has 0 saturated heterocycles. The Balaban J connectivity index is 1.92. The van der Waals surface area contributed by atoms with E-state index in [1.54, 1.807) is 0 Å². The van der Waals surface area contributed by atoms with Crippen molar-refractivity contribution in [3.63, 3.8) is 0 Å². The Kier molecular flexibility index (Phi) is 2.62. The Morgan fingerprint density at radius 3 is 2.89 bits per heavy atom. The first-order valence-corrected chi connectivity index (χ1v) is 8.18. The molecule has 1 unspecified atom stereocenters. The molecule has 3 heteroatoms. The van der Waals surface area contributed by atoms with Crippen LogP contribution in [0.2, 0.25) is 0 Å². The van der Waals surface area contributed by atoms with E-state index in [-0.39, 0.29) is 0 Å². The van der Waals surface area contributed by atoms with Gasteiger partial charge in [0.15, 0.2) is 0 Å². The van der Waals surface area contributed by atoms with Crippen molar-refractivity contribution in [2.24, 2.45) is 0 Å². The molecule has 2 aliphatic heterocycles. The van der Waals surface area contributed by atoms with Crippen molar-refractivity contribution in [3.8, 4) is 0 Å². The predicted molar refractivity (Wildman–Crippen MR) is 77.4 cm³/mol. The molecule has 0 fully saturated rings. The van der Waals surface area contributed by atoms with Gasteiger partial charge >= 0.3 is 0 Å². The van der Waals surface area contributed by atoms with Gasteiger partial charge in [-0.05, 0) is 54.0 Å². The van der Waals surface area contributed by atoms with Crippen molar-refractivity contribution in [3.05, 3.63) is 51.6 Å². The lowest BCUT2D eigenvalue weighted by atomic mass is 9.88. The van der Waals surface area contributed by atoms with Crippen molar-refractivity contribution in [1.82, 2.24) is 5.32 Å². The van der Waals surface area contributed by atoms with Gasteiger partial charge in [0, 0.05) is 24.1 Å². The molecule has 0 spiro atoms. The average molecular weight is 271 g/mol. The molecule has 2 nitrogen and oxygen atoms in total. The van der Waals surface area contributed by atoms with Gasteiger partial charge in [0.1, 0.15) is 0 Å². The maximum atomic E-state index is 12.9. The fourth-order valence-corrected chi connectivity index (χ4v) is 5.06. The standard InChI is InChI=1S/C16H17NOS/c18-19-15-7-8-17-10-13(15)9-12-6-5-11-3-1-2-4-14(11)16(12)19/h5-7,10,17H,1-4,8-9H2. The minimum Gasteiger partial charge on any atom is -0.387 e. The van der Waals surface area contributed by atoms with Crippen LogP contribution in [0.3, 0.4) is 0 Å². The molecule has 0 amide bonds. The quantitative estimate of drug-likeness (QED) is 0.786. The monoisotopic (exact) mass is 271 g/mol. The molecule has 4 rings (SSSR count). The normalized spacial score (nSPS) is 24.3. The van der Waals surface area contributed by atoms with Crippen molar-refractivity contribution in [1.29, 1.82) is 0 Å². The Labute approximate surface area is 116 Å². The zero-order valence-corrected chi connectivity index (χ0v) is 11.7. The number of fused-ring (bicyclic) bond motifs is 4. The van der Waals surface area contributed by atoms with Crippen LogP contribution < -0.4 is 5.32 Å². The van der Waals surface area contributed by atoms with Gasteiger partial charge in [0.05, 0.1) is 15.7 Å². The molecule has 1 atom stereocenters. The van der Waals surface area contributed by atoms with Gasteiger partial charge in [-0.15, -0.1) is 0 Å². The first-order valence-electron chi connectivity index (χ1n) is 7.03. The minimum absolute atomic E-state index is 0.801. The number of hydrogen-bond donors (Lipinski definition) is 1. The molecule has 1 aromatic carbocycles. The first-order chi connectivity index (χ1) is 9.34. The van der Waals surface area contributed by atoms with E-state index in [2.05, 4.69) is 23.5 Å². The zero-order valence-electron chi connectivity index (χ0n) is 10.9. The summed E-state index contributed by atoms with van der Waals surface area (Å²) in [4.78, 5) is 2.19. The number of hydrogen-bond acceptors (Lipinski definition) is 2. The lowest BCUT2D eigenvalue weighted by Gasteiger charge is -2.28. The lowest BCUT2D eigenvalue weighted by molar-refractivity contribution is 0.659. The summed E-state index contributed by atoms with van der Waals surface area (Å²) in [5, 5.41) is 3.22. The van der Waals surface area contributed by atoms with E-state index in [1.165, 1.54) is 35.1 Å². The predicted octanol–water partition coefficient (Wildman–Crippen LogP) is 2.60. The molecule has 1 aromatic rings. The third kappa shape index (κ3) is 1.71. The van der Waals surface area contributed by atoms with E-state index in [0.717, 1.165) is 35.6 Å². The molecule has 1 N–H and O–H groups in total. The topological polar surface area (TPSA) is 29.1 Å². The largest absolute Gasteiger partial charge is 0.387 e. The number of nitrogens with one attached hydrogen (secondary N) is 1. The summed E-state index contributed by atoms with van der Waals surface area (Å²) in [6.45, 7) is 0.801. The Bertz CT molecular complexity index is 642. The van der Waals surface area contributed by atoms with Crippen LogP contribution in [0, 0.1) is 0 Å². The molecule has 19 heavy (non-hydrogen) atoms. The van der Waals surface area contributed by atoms with E-state index >= 15 is 0 Å². The van der Waals surface area contributed by atoms with Gasteiger partial charge < -0.3 is 5.32 Å². The third-order valence-corrected chi connectivity index (χ3v) is 6.03. The fraction of sp³-hybridized carbons (Fsp3) is 0.375. The van der Waals surface area contributed by atoms with E-state index in [0.29, 0.717) is 0 Å². The maximum Gasteiger partial charge on any atom is 0.0856 e. The molecule has 2 heterocycles. The van der Waals surface area contributed by atoms with Gasteiger partial charge in [-0.25, -0.2) is 4.21 Å². The highest BCUT2D eigenvalue weighted by atomic mass is 32.2. The second-order valence-corrected chi connectivity index (χ2v) is 6.88. The molecular weight excluding hydrogens is 254 g/mol. The average Bonchev–Trinajstić information content (AvgIpc) is 2.47. The maximum absolute atomic E-state index is 12.9. The molecule has 0 bridgehead atoms. The minimum atomic E-state index is -0.968. The van der Waals surface area contributed by atoms with Crippen LogP contribution >= 0.6 is 0 Å². The van der Waals surface area contributed by atoms with Crippen molar-refractivity contribution in [2.75, 3.05) is 6.54 Å². The van der Waals surface area contributed by atoms with Gasteiger partial charge in [0.25, 0.3) is 0 Å². The smallest absolute Gasteiger partial charge is 0.0856 e. The summed E-state index contributed by atoms with van der Waals surface area (Å²) in [6, 6.07) is 4.46. The van der Waals surface area contributed by atoms with Crippen LogP contribution in [-0.2, 0) is 30.1 Å². The molecule has 98 valence electrons. The number of allylic oxidation sites excluding steroid dienone is 1. The highest BCUT2D eigenvalue weighted by Crippen LogP contribution is 2.39.